The molecule has 0 aliphatic heterocycles. The Balaban J connectivity index is 1.46. The maximum Gasteiger partial charge on any atom is 0.248 e. The van der Waals surface area contributed by atoms with Crippen molar-refractivity contribution in [3.8, 4) is 0 Å². The van der Waals surface area contributed by atoms with Gasteiger partial charge in [-0.25, -0.2) is 0 Å². The van der Waals surface area contributed by atoms with E-state index in [1.807, 2.05) is 7.05 Å². The topological polar surface area (TPSA) is 67.9 Å². The second-order valence-corrected chi connectivity index (χ2v) is 9.28. The minimum Gasteiger partial charge on any atom is -0.368 e. The fraction of sp³-hybridized carbons (Fsp3) is 0.913. The highest BCUT2D eigenvalue weighted by Crippen LogP contribution is 2.26. The van der Waals surface area contributed by atoms with Gasteiger partial charge in [0.05, 0.1) is 12.2 Å². The first kappa shape index (κ1) is 24.1. The molecule has 2 saturated carbocycles. The molecule has 2 rings (SSSR count). The van der Waals surface area contributed by atoms with E-state index in [2.05, 4.69) is 19.2 Å². The van der Waals surface area contributed by atoms with Crippen LogP contribution in [-0.2, 0) is 19.1 Å². The molecule has 0 spiro atoms. The number of nitrogens with zero attached hydrogens (tertiary/aromatic N) is 1. The average Bonchev–Trinajstić information content (AvgIpc) is 2.70. The molecule has 1 N–H and O–H groups in total. The zero-order valence-corrected chi connectivity index (χ0v) is 18.8. The van der Waals surface area contributed by atoms with E-state index in [0.29, 0.717) is 24.9 Å². The quantitative estimate of drug-likeness (QED) is 0.529. The molecule has 0 aromatic heterocycles. The third-order valence-electron chi connectivity index (χ3n) is 6.34. The Morgan fingerprint density at radius 3 is 2.07 bits per heavy atom. The third-order valence-corrected chi connectivity index (χ3v) is 6.34. The van der Waals surface area contributed by atoms with Crippen LogP contribution in [0.2, 0.25) is 0 Å². The molecule has 0 saturated heterocycles. The molecule has 0 bridgehead atoms. The van der Waals surface area contributed by atoms with Gasteiger partial charge in [0.15, 0.2) is 0 Å². The molecule has 0 radical (unpaired) electrons. The molecule has 168 valence electrons. The predicted molar refractivity (Wildman–Crippen MR) is 115 cm³/mol. The third kappa shape index (κ3) is 9.94. The lowest BCUT2D eigenvalue weighted by atomic mass is 9.89. The van der Waals surface area contributed by atoms with Gasteiger partial charge in [-0.05, 0) is 50.4 Å². The summed E-state index contributed by atoms with van der Waals surface area (Å²) < 4.78 is 11.6. The van der Waals surface area contributed by atoms with Crippen molar-refractivity contribution in [3.05, 3.63) is 0 Å². The first-order valence-electron chi connectivity index (χ1n) is 11.7. The SMILES string of the molecule is C[C@@H]1CCC[C@H](OCC(=O)NCCCCN(C)C(=O)CO[C@@H]2CCC[C@H](C)C2)C1. The Hall–Kier alpha value is -1.14. The first-order chi connectivity index (χ1) is 13.9. The molecule has 0 heterocycles. The highest BCUT2D eigenvalue weighted by molar-refractivity contribution is 5.77. The van der Waals surface area contributed by atoms with Crippen LogP contribution in [0.5, 0.6) is 0 Å². The highest BCUT2D eigenvalue weighted by atomic mass is 16.5. The van der Waals surface area contributed by atoms with Gasteiger partial charge in [0.25, 0.3) is 0 Å². The van der Waals surface area contributed by atoms with Crippen LogP contribution in [-0.4, -0.2) is 62.3 Å². The van der Waals surface area contributed by atoms with Crippen molar-refractivity contribution < 1.29 is 19.1 Å². The summed E-state index contributed by atoms with van der Waals surface area (Å²) in [6.07, 6.45) is 11.4. The van der Waals surface area contributed by atoms with Crippen molar-refractivity contribution >= 4 is 11.8 Å². The molecule has 2 aliphatic rings. The van der Waals surface area contributed by atoms with Gasteiger partial charge in [0.1, 0.15) is 13.2 Å². The van der Waals surface area contributed by atoms with Gasteiger partial charge in [0.2, 0.25) is 11.8 Å². The molecular formula is C23H42N2O4. The van der Waals surface area contributed by atoms with Crippen molar-refractivity contribution in [2.24, 2.45) is 11.8 Å². The van der Waals surface area contributed by atoms with Crippen molar-refractivity contribution in [1.82, 2.24) is 10.2 Å². The maximum absolute atomic E-state index is 12.2. The number of hydrogen-bond acceptors (Lipinski definition) is 4. The van der Waals surface area contributed by atoms with Crippen molar-refractivity contribution in [2.75, 3.05) is 33.4 Å². The minimum atomic E-state index is -0.0391. The predicted octanol–water partition coefficient (Wildman–Crippen LogP) is 3.53. The number of likely N-dealkylation sites (N-methyl/N-ethyl adjacent to an activating group) is 1. The minimum absolute atomic E-state index is 0.0391. The van der Waals surface area contributed by atoms with Crippen LogP contribution in [0.15, 0.2) is 0 Å². The number of ether oxygens (including phenoxy) is 2. The Kier molecular flexibility index (Phi) is 11.0. The number of rotatable bonds is 11. The fourth-order valence-electron chi connectivity index (χ4n) is 4.43. The van der Waals surface area contributed by atoms with Crippen LogP contribution in [0.1, 0.15) is 78.1 Å². The van der Waals surface area contributed by atoms with Gasteiger partial charge >= 0.3 is 0 Å². The van der Waals surface area contributed by atoms with Gasteiger partial charge in [-0.1, -0.05) is 39.5 Å². The molecule has 29 heavy (non-hydrogen) atoms. The summed E-state index contributed by atoms with van der Waals surface area (Å²) in [4.78, 5) is 25.9. The second kappa shape index (κ2) is 13.2. The Morgan fingerprint density at radius 1 is 0.897 bits per heavy atom. The molecule has 2 fully saturated rings. The van der Waals surface area contributed by atoms with Gasteiger partial charge in [-0.2, -0.15) is 0 Å². The largest absolute Gasteiger partial charge is 0.368 e. The lowest BCUT2D eigenvalue weighted by Gasteiger charge is -2.27. The number of unbranched alkanes of at least 4 members (excludes halogenated alkanes) is 1. The van der Waals surface area contributed by atoms with Crippen molar-refractivity contribution in [3.63, 3.8) is 0 Å². The molecule has 6 nitrogen and oxygen atoms in total. The zero-order chi connectivity index (χ0) is 21.1. The van der Waals surface area contributed by atoms with Crippen LogP contribution in [0.3, 0.4) is 0 Å². The van der Waals surface area contributed by atoms with Crippen LogP contribution in [0.4, 0.5) is 0 Å². The molecule has 4 atom stereocenters. The summed E-state index contributed by atoms with van der Waals surface area (Å²) in [7, 11) is 1.83. The van der Waals surface area contributed by atoms with Crippen LogP contribution < -0.4 is 5.32 Å². The van der Waals surface area contributed by atoms with Gasteiger partial charge < -0.3 is 19.7 Å². The molecular weight excluding hydrogens is 368 g/mol. The van der Waals surface area contributed by atoms with E-state index in [1.165, 1.54) is 25.7 Å². The van der Waals surface area contributed by atoms with Crippen molar-refractivity contribution in [1.29, 1.82) is 0 Å². The second-order valence-electron chi connectivity index (χ2n) is 9.28. The monoisotopic (exact) mass is 410 g/mol. The summed E-state index contributed by atoms with van der Waals surface area (Å²) in [6, 6.07) is 0. The molecule has 6 heteroatoms. The van der Waals surface area contributed by atoms with Crippen LogP contribution in [0.25, 0.3) is 0 Å². The Labute approximate surface area is 177 Å². The van der Waals surface area contributed by atoms with E-state index >= 15 is 0 Å². The number of carbonyl (C=O) groups excluding carboxylic acids is 2. The van der Waals surface area contributed by atoms with Crippen LogP contribution >= 0.6 is 0 Å². The maximum atomic E-state index is 12.2. The van der Waals surface area contributed by atoms with E-state index in [0.717, 1.165) is 38.5 Å². The summed E-state index contributed by atoms with van der Waals surface area (Å²) in [5.74, 6) is 1.41. The Morgan fingerprint density at radius 2 is 1.48 bits per heavy atom. The molecule has 0 unspecified atom stereocenters. The number of amides is 2. The average molecular weight is 411 g/mol. The summed E-state index contributed by atoms with van der Waals surface area (Å²) in [5, 5.41) is 2.92. The van der Waals surface area contributed by atoms with Crippen LogP contribution in [0, 0.1) is 11.8 Å². The van der Waals surface area contributed by atoms with E-state index < -0.39 is 0 Å². The van der Waals surface area contributed by atoms with Crippen molar-refractivity contribution in [2.45, 2.75) is 90.3 Å². The summed E-state index contributed by atoms with van der Waals surface area (Å²) in [5.41, 5.74) is 0. The number of nitrogens with one attached hydrogen (secondary N) is 1. The van der Waals surface area contributed by atoms with E-state index in [1.54, 1.807) is 4.90 Å². The normalized spacial score (nSPS) is 27.4. The lowest BCUT2D eigenvalue weighted by Crippen LogP contribution is -2.34. The van der Waals surface area contributed by atoms with E-state index in [9.17, 15) is 9.59 Å². The standard InChI is InChI=1S/C23H42N2O4/c1-18-8-6-10-20(14-18)28-16-22(26)24-12-4-5-13-25(3)23(27)17-29-21-11-7-9-19(2)15-21/h18-21H,4-17H2,1-3H3,(H,24,26)/t18-,19+,20+,21-/m1/s1. The molecule has 2 aliphatic carbocycles. The van der Waals surface area contributed by atoms with Gasteiger partial charge in [0, 0.05) is 20.1 Å². The van der Waals surface area contributed by atoms with Gasteiger partial charge in [-0.15, -0.1) is 0 Å². The summed E-state index contributed by atoms with van der Waals surface area (Å²) in [6.45, 7) is 6.16. The first-order valence-corrected chi connectivity index (χ1v) is 11.7. The number of hydrogen-bond donors (Lipinski definition) is 1. The fourth-order valence-corrected chi connectivity index (χ4v) is 4.43. The molecule has 2 amide bonds. The molecule has 0 aromatic carbocycles. The zero-order valence-electron chi connectivity index (χ0n) is 18.8. The Bertz CT molecular complexity index is 499. The van der Waals surface area contributed by atoms with E-state index in [-0.39, 0.29) is 37.2 Å². The smallest absolute Gasteiger partial charge is 0.248 e. The van der Waals surface area contributed by atoms with E-state index in [4.69, 9.17) is 9.47 Å². The number of carbonyl (C=O) groups is 2. The van der Waals surface area contributed by atoms with Gasteiger partial charge in [-0.3, -0.25) is 9.59 Å². The summed E-state index contributed by atoms with van der Waals surface area (Å²) >= 11 is 0. The lowest BCUT2D eigenvalue weighted by molar-refractivity contribution is -0.138. The molecule has 0 aromatic rings. The highest BCUT2D eigenvalue weighted by Gasteiger charge is 2.21.